The molecule has 2 rings (SSSR count). The van der Waals surface area contributed by atoms with Gasteiger partial charge in [0.05, 0.1) is 13.2 Å². The Hall–Kier alpha value is -0.970. The van der Waals surface area contributed by atoms with Crippen LogP contribution in [0, 0.1) is 12.7 Å². The van der Waals surface area contributed by atoms with E-state index in [-0.39, 0.29) is 5.82 Å². The highest BCUT2D eigenvalue weighted by Crippen LogP contribution is 2.10. The third kappa shape index (κ3) is 3.01. The standard InChI is InChI=1S/C12H17FN2O/c1-10-2-3-12(13)8-11(10)9-14-15-4-6-16-7-5-15/h2-3,8,14H,4-7,9H2,1H3. The molecule has 1 N–H and O–H groups in total. The van der Waals surface area contributed by atoms with Crippen molar-refractivity contribution in [2.75, 3.05) is 26.3 Å². The van der Waals surface area contributed by atoms with E-state index >= 15 is 0 Å². The predicted octanol–water partition coefficient (Wildman–Crippen LogP) is 1.47. The maximum Gasteiger partial charge on any atom is 0.123 e. The molecular weight excluding hydrogens is 207 g/mol. The van der Waals surface area contributed by atoms with Crippen molar-refractivity contribution in [1.29, 1.82) is 0 Å². The molecule has 1 fully saturated rings. The highest BCUT2D eigenvalue weighted by Gasteiger charge is 2.09. The molecule has 88 valence electrons. The van der Waals surface area contributed by atoms with Gasteiger partial charge in [0.25, 0.3) is 0 Å². The number of morpholine rings is 1. The molecule has 0 bridgehead atoms. The minimum Gasteiger partial charge on any atom is -0.379 e. The van der Waals surface area contributed by atoms with Crippen molar-refractivity contribution in [2.24, 2.45) is 0 Å². The molecule has 0 atom stereocenters. The van der Waals surface area contributed by atoms with Gasteiger partial charge in [0.2, 0.25) is 0 Å². The first-order valence-electron chi connectivity index (χ1n) is 5.57. The predicted molar refractivity (Wildman–Crippen MR) is 60.4 cm³/mol. The summed E-state index contributed by atoms with van der Waals surface area (Å²) in [4.78, 5) is 0. The van der Waals surface area contributed by atoms with Crippen LogP contribution in [0.5, 0.6) is 0 Å². The van der Waals surface area contributed by atoms with Gasteiger partial charge in [-0.3, -0.25) is 5.43 Å². The number of hydrazine groups is 1. The molecule has 1 aliphatic rings. The number of aryl methyl sites for hydroxylation is 1. The van der Waals surface area contributed by atoms with Crippen LogP contribution in [-0.2, 0) is 11.3 Å². The zero-order chi connectivity index (χ0) is 11.4. The van der Waals surface area contributed by atoms with Crippen molar-refractivity contribution in [2.45, 2.75) is 13.5 Å². The second kappa shape index (κ2) is 5.39. The maximum atomic E-state index is 13.1. The molecule has 0 amide bonds. The van der Waals surface area contributed by atoms with E-state index in [2.05, 4.69) is 10.4 Å². The Balaban J connectivity index is 1.90. The van der Waals surface area contributed by atoms with E-state index in [1.807, 2.05) is 13.0 Å². The van der Waals surface area contributed by atoms with Gasteiger partial charge < -0.3 is 4.74 Å². The lowest BCUT2D eigenvalue weighted by Crippen LogP contribution is -2.45. The van der Waals surface area contributed by atoms with E-state index < -0.39 is 0 Å². The Bertz CT molecular complexity index is 351. The molecule has 3 nitrogen and oxygen atoms in total. The van der Waals surface area contributed by atoms with Gasteiger partial charge in [-0.05, 0) is 30.2 Å². The smallest absolute Gasteiger partial charge is 0.123 e. The largest absolute Gasteiger partial charge is 0.379 e. The Labute approximate surface area is 95.2 Å². The van der Waals surface area contributed by atoms with Crippen LogP contribution in [-0.4, -0.2) is 31.3 Å². The van der Waals surface area contributed by atoms with Gasteiger partial charge in [-0.2, -0.15) is 0 Å². The van der Waals surface area contributed by atoms with Crippen molar-refractivity contribution in [3.63, 3.8) is 0 Å². The molecule has 1 aromatic carbocycles. The zero-order valence-electron chi connectivity index (χ0n) is 9.50. The molecule has 0 radical (unpaired) electrons. The summed E-state index contributed by atoms with van der Waals surface area (Å²) in [7, 11) is 0. The van der Waals surface area contributed by atoms with Crippen LogP contribution in [0.3, 0.4) is 0 Å². The summed E-state index contributed by atoms with van der Waals surface area (Å²) in [6, 6.07) is 4.89. The van der Waals surface area contributed by atoms with Gasteiger partial charge >= 0.3 is 0 Å². The minimum atomic E-state index is -0.177. The average Bonchev–Trinajstić information content (AvgIpc) is 2.32. The number of hydrogen-bond donors (Lipinski definition) is 1. The Morgan fingerprint density at radius 3 is 2.88 bits per heavy atom. The average molecular weight is 224 g/mol. The van der Waals surface area contributed by atoms with Crippen LogP contribution >= 0.6 is 0 Å². The lowest BCUT2D eigenvalue weighted by Gasteiger charge is -2.27. The van der Waals surface area contributed by atoms with E-state index in [1.54, 1.807) is 6.07 Å². The van der Waals surface area contributed by atoms with Crippen LogP contribution in [0.15, 0.2) is 18.2 Å². The SMILES string of the molecule is Cc1ccc(F)cc1CNN1CCOCC1. The molecule has 1 saturated heterocycles. The quantitative estimate of drug-likeness (QED) is 0.841. The molecule has 0 aliphatic carbocycles. The van der Waals surface area contributed by atoms with Crippen LogP contribution in [0.2, 0.25) is 0 Å². The molecule has 0 aromatic heterocycles. The first kappa shape index (κ1) is 11.5. The molecule has 16 heavy (non-hydrogen) atoms. The number of rotatable bonds is 3. The fraction of sp³-hybridized carbons (Fsp3) is 0.500. The van der Waals surface area contributed by atoms with Crippen molar-refractivity contribution in [3.05, 3.63) is 35.1 Å². The van der Waals surface area contributed by atoms with Crippen molar-refractivity contribution in [3.8, 4) is 0 Å². The van der Waals surface area contributed by atoms with E-state index in [0.29, 0.717) is 6.54 Å². The number of nitrogens with zero attached hydrogens (tertiary/aromatic N) is 1. The van der Waals surface area contributed by atoms with Gasteiger partial charge in [-0.25, -0.2) is 9.40 Å². The molecule has 1 aliphatic heterocycles. The number of nitrogens with one attached hydrogen (secondary N) is 1. The Morgan fingerprint density at radius 2 is 2.12 bits per heavy atom. The molecule has 1 aromatic rings. The van der Waals surface area contributed by atoms with E-state index in [1.165, 1.54) is 6.07 Å². The third-order valence-corrected chi connectivity index (χ3v) is 2.82. The summed E-state index contributed by atoms with van der Waals surface area (Å²) in [5.41, 5.74) is 5.41. The topological polar surface area (TPSA) is 24.5 Å². The fourth-order valence-electron chi connectivity index (χ4n) is 1.75. The van der Waals surface area contributed by atoms with Crippen LogP contribution < -0.4 is 5.43 Å². The number of ether oxygens (including phenoxy) is 1. The zero-order valence-corrected chi connectivity index (χ0v) is 9.50. The number of halogens is 1. The summed E-state index contributed by atoms with van der Waals surface area (Å²) in [6.45, 7) is 5.95. The van der Waals surface area contributed by atoms with E-state index in [0.717, 1.165) is 37.4 Å². The lowest BCUT2D eigenvalue weighted by molar-refractivity contribution is 0.0105. The third-order valence-electron chi connectivity index (χ3n) is 2.82. The highest BCUT2D eigenvalue weighted by molar-refractivity contribution is 5.26. The van der Waals surface area contributed by atoms with Gasteiger partial charge in [-0.15, -0.1) is 0 Å². The first-order valence-corrected chi connectivity index (χ1v) is 5.57. The van der Waals surface area contributed by atoms with Gasteiger partial charge in [0.15, 0.2) is 0 Å². The van der Waals surface area contributed by atoms with Gasteiger partial charge in [-0.1, -0.05) is 6.07 Å². The Kier molecular flexibility index (Phi) is 3.88. The molecular formula is C12H17FN2O. The van der Waals surface area contributed by atoms with Crippen molar-refractivity contribution in [1.82, 2.24) is 10.4 Å². The first-order chi connectivity index (χ1) is 7.75. The normalized spacial score (nSPS) is 17.6. The van der Waals surface area contributed by atoms with Crippen molar-refractivity contribution >= 4 is 0 Å². The van der Waals surface area contributed by atoms with Crippen LogP contribution in [0.25, 0.3) is 0 Å². The molecule has 0 spiro atoms. The van der Waals surface area contributed by atoms with Crippen LogP contribution in [0.4, 0.5) is 4.39 Å². The molecule has 0 saturated carbocycles. The van der Waals surface area contributed by atoms with Crippen LogP contribution in [0.1, 0.15) is 11.1 Å². The number of benzene rings is 1. The summed E-state index contributed by atoms with van der Waals surface area (Å²) in [5.74, 6) is -0.177. The second-order valence-corrected chi connectivity index (χ2v) is 4.01. The lowest BCUT2D eigenvalue weighted by atomic mass is 10.1. The summed E-state index contributed by atoms with van der Waals surface area (Å²) in [6.07, 6.45) is 0. The van der Waals surface area contributed by atoms with E-state index in [4.69, 9.17) is 4.74 Å². The minimum absolute atomic E-state index is 0.177. The maximum absolute atomic E-state index is 13.1. The molecule has 0 unspecified atom stereocenters. The van der Waals surface area contributed by atoms with Crippen molar-refractivity contribution < 1.29 is 9.13 Å². The fourth-order valence-corrected chi connectivity index (χ4v) is 1.75. The number of hydrogen-bond acceptors (Lipinski definition) is 3. The summed E-state index contributed by atoms with van der Waals surface area (Å²) >= 11 is 0. The molecule has 1 heterocycles. The Morgan fingerprint density at radius 1 is 1.38 bits per heavy atom. The summed E-state index contributed by atoms with van der Waals surface area (Å²) in [5, 5.41) is 2.12. The highest BCUT2D eigenvalue weighted by atomic mass is 19.1. The summed E-state index contributed by atoms with van der Waals surface area (Å²) < 4.78 is 18.3. The molecule has 4 heteroatoms. The van der Waals surface area contributed by atoms with Gasteiger partial charge in [0, 0.05) is 19.6 Å². The second-order valence-electron chi connectivity index (χ2n) is 4.01. The van der Waals surface area contributed by atoms with E-state index in [9.17, 15) is 4.39 Å². The monoisotopic (exact) mass is 224 g/mol. The van der Waals surface area contributed by atoms with Gasteiger partial charge in [0.1, 0.15) is 5.82 Å².